The first-order chi connectivity index (χ1) is 9.62. The Morgan fingerprint density at radius 2 is 2.20 bits per heavy atom. The second-order valence-electron chi connectivity index (χ2n) is 6.67. The minimum absolute atomic E-state index is 0.118. The van der Waals surface area contributed by atoms with Crippen LogP contribution in [0.5, 0.6) is 5.75 Å². The summed E-state index contributed by atoms with van der Waals surface area (Å²) in [6, 6.07) is 7.04. The highest BCUT2D eigenvalue weighted by Crippen LogP contribution is 2.40. The van der Waals surface area contributed by atoms with Gasteiger partial charge in [-0.3, -0.25) is 0 Å². The van der Waals surface area contributed by atoms with Crippen molar-refractivity contribution < 1.29 is 9.47 Å². The van der Waals surface area contributed by atoms with Crippen LogP contribution >= 0.6 is 0 Å². The third-order valence-electron chi connectivity index (χ3n) is 4.66. The highest BCUT2D eigenvalue weighted by atomic mass is 16.5. The van der Waals surface area contributed by atoms with Gasteiger partial charge in [-0.25, -0.2) is 0 Å². The molecule has 3 heteroatoms. The van der Waals surface area contributed by atoms with Crippen LogP contribution in [0.4, 0.5) is 0 Å². The maximum absolute atomic E-state index is 5.78. The molecule has 1 aromatic rings. The summed E-state index contributed by atoms with van der Waals surface area (Å²) in [6.45, 7) is 7.06. The summed E-state index contributed by atoms with van der Waals surface area (Å²) in [5.41, 5.74) is 2.82. The number of hydrogen-bond donors (Lipinski definition) is 1. The van der Waals surface area contributed by atoms with Crippen molar-refractivity contribution >= 4 is 0 Å². The largest absolute Gasteiger partial charge is 0.492 e. The van der Waals surface area contributed by atoms with Crippen LogP contribution in [0.2, 0.25) is 0 Å². The number of hydrogen-bond acceptors (Lipinski definition) is 3. The summed E-state index contributed by atoms with van der Waals surface area (Å²) in [5, 5.41) is 3.49. The van der Waals surface area contributed by atoms with E-state index in [1.807, 2.05) is 7.05 Å². The van der Waals surface area contributed by atoms with Gasteiger partial charge in [0.2, 0.25) is 0 Å². The topological polar surface area (TPSA) is 30.5 Å². The van der Waals surface area contributed by atoms with E-state index in [0.29, 0.717) is 12.0 Å². The monoisotopic (exact) mass is 275 g/mol. The molecule has 0 amide bonds. The summed E-state index contributed by atoms with van der Waals surface area (Å²) in [7, 11) is 2.05. The van der Waals surface area contributed by atoms with Gasteiger partial charge in [-0.1, -0.05) is 19.9 Å². The number of ether oxygens (including phenoxy) is 2. The standard InChI is InChI=1S/C17H25NO2/c1-17(2)11-20-15-7-6-12(9-14(15)17)16(18-3)13-5-4-8-19-10-13/h6-7,9,13,16,18H,4-5,8,10-11H2,1-3H3. The average molecular weight is 275 g/mol. The van der Waals surface area contributed by atoms with Crippen LogP contribution in [0.15, 0.2) is 18.2 Å². The van der Waals surface area contributed by atoms with E-state index < -0.39 is 0 Å². The predicted octanol–water partition coefficient (Wildman–Crippen LogP) is 3.04. The first-order valence-corrected chi connectivity index (χ1v) is 7.64. The molecule has 2 heterocycles. The molecule has 1 fully saturated rings. The van der Waals surface area contributed by atoms with Crippen LogP contribution in [-0.4, -0.2) is 26.9 Å². The van der Waals surface area contributed by atoms with Crippen molar-refractivity contribution in [2.24, 2.45) is 5.92 Å². The third kappa shape index (κ3) is 2.45. The molecule has 3 rings (SSSR count). The number of fused-ring (bicyclic) bond motifs is 1. The lowest BCUT2D eigenvalue weighted by Crippen LogP contribution is -2.31. The number of nitrogens with one attached hydrogen (secondary N) is 1. The Bertz CT molecular complexity index is 478. The van der Waals surface area contributed by atoms with Gasteiger partial charge in [0.1, 0.15) is 5.75 Å². The summed E-state index contributed by atoms with van der Waals surface area (Å²) in [5.74, 6) is 1.62. The van der Waals surface area contributed by atoms with Crippen molar-refractivity contribution in [3.8, 4) is 5.75 Å². The summed E-state index contributed by atoms with van der Waals surface area (Å²) in [4.78, 5) is 0. The van der Waals surface area contributed by atoms with Gasteiger partial charge in [-0.15, -0.1) is 0 Å². The lowest BCUT2D eigenvalue weighted by atomic mass is 9.83. The van der Waals surface area contributed by atoms with Crippen LogP contribution in [0.1, 0.15) is 43.9 Å². The fraction of sp³-hybridized carbons (Fsp3) is 0.647. The third-order valence-corrected chi connectivity index (χ3v) is 4.66. The van der Waals surface area contributed by atoms with E-state index in [1.165, 1.54) is 24.0 Å². The normalized spacial score (nSPS) is 25.9. The van der Waals surface area contributed by atoms with Crippen LogP contribution in [0.3, 0.4) is 0 Å². The van der Waals surface area contributed by atoms with E-state index in [2.05, 4.69) is 37.4 Å². The van der Waals surface area contributed by atoms with E-state index >= 15 is 0 Å². The minimum Gasteiger partial charge on any atom is -0.492 e. The minimum atomic E-state index is 0.118. The predicted molar refractivity (Wildman–Crippen MR) is 80.3 cm³/mol. The van der Waals surface area contributed by atoms with E-state index in [-0.39, 0.29) is 5.41 Å². The molecule has 110 valence electrons. The second-order valence-corrected chi connectivity index (χ2v) is 6.67. The molecule has 2 aliphatic heterocycles. The molecule has 1 N–H and O–H groups in total. The van der Waals surface area contributed by atoms with Gasteiger partial charge in [0.15, 0.2) is 0 Å². The molecule has 2 atom stereocenters. The first-order valence-electron chi connectivity index (χ1n) is 7.64. The fourth-order valence-corrected chi connectivity index (χ4v) is 3.43. The quantitative estimate of drug-likeness (QED) is 0.919. The first kappa shape index (κ1) is 13.9. The smallest absolute Gasteiger partial charge is 0.123 e. The van der Waals surface area contributed by atoms with Crippen LogP contribution in [0.25, 0.3) is 0 Å². The summed E-state index contributed by atoms with van der Waals surface area (Å²) < 4.78 is 11.4. The molecule has 20 heavy (non-hydrogen) atoms. The molecule has 0 radical (unpaired) electrons. The van der Waals surface area contributed by atoms with E-state index in [4.69, 9.17) is 9.47 Å². The highest BCUT2D eigenvalue weighted by molar-refractivity contribution is 5.46. The summed E-state index contributed by atoms with van der Waals surface area (Å²) >= 11 is 0. The van der Waals surface area contributed by atoms with Gasteiger partial charge in [-0.05, 0) is 37.6 Å². The van der Waals surface area contributed by atoms with E-state index in [0.717, 1.165) is 25.6 Å². The molecule has 0 saturated carbocycles. The molecule has 1 aromatic carbocycles. The van der Waals surface area contributed by atoms with Crippen molar-refractivity contribution in [1.82, 2.24) is 5.32 Å². The van der Waals surface area contributed by atoms with Crippen LogP contribution in [0, 0.1) is 5.92 Å². The Morgan fingerprint density at radius 3 is 2.90 bits per heavy atom. The molecular formula is C17H25NO2. The second kappa shape index (κ2) is 5.38. The number of benzene rings is 1. The molecule has 0 aliphatic carbocycles. The number of rotatable bonds is 3. The zero-order valence-corrected chi connectivity index (χ0v) is 12.7. The fourth-order valence-electron chi connectivity index (χ4n) is 3.43. The Labute approximate surface area is 121 Å². The lowest BCUT2D eigenvalue weighted by Gasteiger charge is -2.31. The van der Waals surface area contributed by atoms with Crippen molar-refractivity contribution in [3.63, 3.8) is 0 Å². The summed E-state index contributed by atoms with van der Waals surface area (Å²) in [6.07, 6.45) is 2.41. The molecule has 0 aromatic heterocycles. The van der Waals surface area contributed by atoms with Crippen molar-refractivity contribution in [2.45, 2.75) is 38.1 Å². The molecule has 2 unspecified atom stereocenters. The van der Waals surface area contributed by atoms with Crippen LogP contribution in [-0.2, 0) is 10.2 Å². The van der Waals surface area contributed by atoms with Gasteiger partial charge < -0.3 is 14.8 Å². The maximum Gasteiger partial charge on any atom is 0.123 e. The molecular weight excluding hydrogens is 250 g/mol. The van der Waals surface area contributed by atoms with Gasteiger partial charge in [-0.2, -0.15) is 0 Å². The van der Waals surface area contributed by atoms with Crippen molar-refractivity contribution in [2.75, 3.05) is 26.9 Å². The highest BCUT2D eigenvalue weighted by Gasteiger charge is 2.33. The van der Waals surface area contributed by atoms with E-state index in [1.54, 1.807) is 0 Å². The zero-order valence-electron chi connectivity index (χ0n) is 12.7. The Balaban J connectivity index is 1.89. The van der Waals surface area contributed by atoms with E-state index in [9.17, 15) is 0 Å². The molecule has 0 spiro atoms. The molecule has 2 aliphatic rings. The SMILES string of the molecule is CNC(c1ccc2c(c1)C(C)(C)CO2)C1CCCOC1. The lowest BCUT2D eigenvalue weighted by molar-refractivity contribution is 0.0402. The van der Waals surface area contributed by atoms with Gasteiger partial charge in [0.05, 0.1) is 13.2 Å². The van der Waals surface area contributed by atoms with Crippen molar-refractivity contribution in [3.05, 3.63) is 29.3 Å². The van der Waals surface area contributed by atoms with Crippen molar-refractivity contribution in [1.29, 1.82) is 0 Å². The Kier molecular flexibility index (Phi) is 3.74. The Hall–Kier alpha value is -1.06. The molecule has 1 saturated heterocycles. The van der Waals surface area contributed by atoms with Gasteiger partial charge >= 0.3 is 0 Å². The zero-order chi connectivity index (χ0) is 14.2. The maximum atomic E-state index is 5.78. The Morgan fingerprint density at radius 1 is 1.35 bits per heavy atom. The molecule has 0 bridgehead atoms. The van der Waals surface area contributed by atoms with Gasteiger partial charge in [0, 0.05) is 29.5 Å². The van der Waals surface area contributed by atoms with Gasteiger partial charge in [0.25, 0.3) is 0 Å². The molecule has 3 nitrogen and oxygen atoms in total. The average Bonchev–Trinajstić information content (AvgIpc) is 2.77. The van der Waals surface area contributed by atoms with Crippen LogP contribution < -0.4 is 10.1 Å².